The zero-order valence-electron chi connectivity index (χ0n) is 17.9. The Kier molecular flexibility index (Phi) is 6.05. The Morgan fingerprint density at radius 1 is 1.24 bits per heavy atom. The Balaban J connectivity index is 2.04. The van der Waals surface area contributed by atoms with E-state index in [0.29, 0.717) is 18.7 Å². The van der Waals surface area contributed by atoms with Gasteiger partial charge in [0.15, 0.2) is 5.78 Å². The second kappa shape index (κ2) is 8.20. The predicted octanol–water partition coefficient (Wildman–Crippen LogP) is 4.94. The Morgan fingerprint density at radius 3 is 2.55 bits per heavy atom. The van der Waals surface area contributed by atoms with E-state index >= 15 is 0 Å². The molecule has 154 valence electrons. The van der Waals surface area contributed by atoms with E-state index in [1.54, 1.807) is 14.0 Å². The first-order chi connectivity index (χ1) is 13.7. The molecule has 1 fully saturated rings. The van der Waals surface area contributed by atoms with Crippen LogP contribution >= 0.6 is 10.0 Å². The highest BCUT2D eigenvalue weighted by molar-refractivity contribution is 8.33. The molecule has 2 aromatic rings. The third kappa shape index (κ3) is 4.04. The minimum Gasteiger partial charge on any atom is -0.481 e. The van der Waals surface area contributed by atoms with Gasteiger partial charge in [0.05, 0.1) is 13.2 Å². The van der Waals surface area contributed by atoms with Crippen molar-refractivity contribution >= 4 is 15.8 Å². The molecule has 0 aliphatic heterocycles. The van der Waals surface area contributed by atoms with Gasteiger partial charge in [-0.25, -0.2) is 15.0 Å². The summed E-state index contributed by atoms with van der Waals surface area (Å²) in [5.74, 6) is 0.400. The number of methoxy groups -OCH3 is 1. The van der Waals surface area contributed by atoms with Crippen LogP contribution in [0.15, 0.2) is 47.4 Å². The van der Waals surface area contributed by atoms with Crippen molar-refractivity contribution in [3.8, 4) is 11.9 Å². The molecule has 3 rings (SSSR count). The van der Waals surface area contributed by atoms with Crippen molar-refractivity contribution < 1.29 is 9.53 Å². The number of rotatable bonds is 5. The molecule has 4 nitrogen and oxygen atoms in total. The van der Waals surface area contributed by atoms with Crippen molar-refractivity contribution in [2.45, 2.75) is 43.3 Å². The molecule has 1 aliphatic carbocycles. The number of nitrogens with zero attached hydrogens (tertiary/aromatic N) is 2. The van der Waals surface area contributed by atoms with Gasteiger partial charge in [0.1, 0.15) is 5.41 Å². The molecule has 3 atom stereocenters. The van der Waals surface area contributed by atoms with Gasteiger partial charge in [0.25, 0.3) is 0 Å². The quantitative estimate of drug-likeness (QED) is 0.700. The average Bonchev–Trinajstić information content (AvgIpc) is 2.73. The van der Waals surface area contributed by atoms with E-state index in [0.717, 1.165) is 17.7 Å². The van der Waals surface area contributed by atoms with Crippen molar-refractivity contribution in [1.82, 2.24) is 4.98 Å². The van der Waals surface area contributed by atoms with Crippen LogP contribution in [-0.4, -0.2) is 35.6 Å². The molecule has 1 aliphatic rings. The van der Waals surface area contributed by atoms with Gasteiger partial charge in [-0.3, -0.25) is 4.79 Å². The van der Waals surface area contributed by atoms with Crippen molar-refractivity contribution in [1.29, 1.82) is 5.26 Å². The number of Topliss-reactive ketones (excluding diaryl/α,β-unsaturated/α-hetero) is 1. The average molecular weight is 411 g/mol. The van der Waals surface area contributed by atoms with Crippen molar-refractivity contribution in [3.05, 3.63) is 53.7 Å². The summed E-state index contributed by atoms with van der Waals surface area (Å²) in [5, 5.41) is 9.96. The van der Waals surface area contributed by atoms with Crippen LogP contribution in [-0.2, 0) is 11.2 Å². The molecule has 5 heteroatoms. The first-order valence-corrected chi connectivity index (χ1v) is 12.5. The molecule has 1 unspecified atom stereocenters. The number of aryl methyl sites for hydroxylation is 1. The lowest BCUT2D eigenvalue weighted by Gasteiger charge is -2.49. The summed E-state index contributed by atoms with van der Waals surface area (Å²) in [6.45, 7) is 3.82. The maximum absolute atomic E-state index is 13.6. The number of nitriles is 1. The van der Waals surface area contributed by atoms with E-state index in [1.807, 2.05) is 25.1 Å². The first-order valence-electron chi connectivity index (χ1n) is 9.96. The lowest BCUT2D eigenvalue weighted by molar-refractivity contribution is -0.131. The van der Waals surface area contributed by atoms with Gasteiger partial charge in [-0.15, -0.1) is 0 Å². The number of hydrogen-bond donors (Lipinski definition) is 0. The molecule has 1 aromatic heterocycles. The van der Waals surface area contributed by atoms with Crippen LogP contribution in [0.2, 0.25) is 0 Å². The molecule has 1 aromatic carbocycles. The fraction of sp³-hybridized carbons (Fsp3) is 0.458. The van der Waals surface area contributed by atoms with Crippen LogP contribution in [0.3, 0.4) is 0 Å². The van der Waals surface area contributed by atoms with E-state index in [1.165, 1.54) is 4.90 Å². The molecule has 0 spiro atoms. The van der Waals surface area contributed by atoms with Gasteiger partial charge in [-0.2, -0.15) is 5.26 Å². The minimum atomic E-state index is -1.24. The molecule has 0 N–H and O–H groups in total. The van der Waals surface area contributed by atoms with Crippen LogP contribution in [0.25, 0.3) is 0 Å². The van der Waals surface area contributed by atoms with E-state index in [2.05, 4.69) is 47.8 Å². The van der Waals surface area contributed by atoms with Gasteiger partial charge in [0, 0.05) is 29.3 Å². The number of aromatic nitrogens is 1. The molecule has 29 heavy (non-hydrogen) atoms. The minimum absolute atomic E-state index is 0.0665. The summed E-state index contributed by atoms with van der Waals surface area (Å²) in [6, 6.07) is 16.6. The Morgan fingerprint density at radius 2 is 1.93 bits per heavy atom. The van der Waals surface area contributed by atoms with Crippen LogP contribution in [0.1, 0.15) is 31.0 Å². The maximum Gasteiger partial charge on any atom is 0.213 e. The Hall–Kier alpha value is -2.32. The second-order valence-electron chi connectivity index (χ2n) is 8.53. The summed E-state index contributed by atoms with van der Waals surface area (Å²) < 4.78 is 5.31. The lowest BCUT2D eigenvalue weighted by atomic mass is 9.69. The molecule has 0 saturated heterocycles. The highest BCUT2D eigenvalue weighted by Gasteiger charge is 2.49. The van der Waals surface area contributed by atoms with Crippen LogP contribution in [0, 0.1) is 29.6 Å². The van der Waals surface area contributed by atoms with Crippen LogP contribution in [0.5, 0.6) is 5.88 Å². The van der Waals surface area contributed by atoms with E-state index in [-0.39, 0.29) is 17.0 Å². The normalized spacial score (nSPS) is 25.3. The number of ketones is 1. The maximum atomic E-state index is 13.6. The van der Waals surface area contributed by atoms with Crippen molar-refractivity contribution in [3.63, 3.8) is 0 Å². The van der Waals surface area contributed by atoms with Crippen LogP contribution in [0.4, 0.5) is 0 Å². The predicted molar refractivity (Wildman–Crippen MR) is 119 cm³/mol. The topological polar surface area (TPSA) is 63.0 Å². The SMILES string of the molecule is COc1ccc(C)c(C[C@H]2C(=O)C(C)(C#N)CC[C@H]2S(C)(C)c2ccccc2)n1. The highest BCUT2D eigenvalue weighted by Crippen LogP contribution is 2.60. The smallest absolute Gasteiger partial charge is 0.213 e. The number of ether oxygens (including phenoxy) is 1. The van der Waals surface area contributed by atoms with Gasteiger partial charge in [-0.05, 0) is 49.7 Å². The third-order valence-electron chi connectivity index (χ3n) is 6.41. The Bertz CT molecular complexity index is 936. The van der Waals surface area contributed by atoms with E-state index in [9.17, 15) is 10.1 Å². The number of benzene rings is 1. The zero-order valence-corrected chi connectivity index (χ0v) is 18.8. The van der Waals surface area contributed by atoms with Gasteiger partial charge in [-0.1, -0.05) is 36.4 Å². The third-order valence-corrected chi connectivity index (χ3v) is 9.98. The summed E-state index contributed by atoms with van der Waals surface area (Å²) in [4.78, 5) is 19.5. The summed E-state index contributed by atoms with van der Waals surface area (Å²) in [5.41, 5.74) is 1.02. The fourth-order valence-corrected chi connectivity index (χ4v) is 7.36. The van der Waals surface area contributed by atoms with Gasteiger partial charge < -0.3 is 4.74 Å². The molecule has 1 saturated carbocycles. The van der Waals surface area contributed by atoms with E-state index < -0.39 is 15.4 Å². The Labute approximate surface area is 175 Å². The standard InChI is InChI=1S/C24H30N2O2S/c1-17-11-12-22(28-3)26-20(17)15-19-21(13-14-24(2,16-25)23(19)27)29(4,5)18-9-7-6-8-10-18/h6-12,19,21H,13-15H2,1-5H3/t19-,21-,24?/m1/s1. The molecule has 0 amide bonds. The molecule has 1 heterocycles. The zero-order chi connectivity index (χ0) is 21.2. The summed E-state index contributed by atoms with van der Waals surface area (Å²) >= 11 is 0. The molecule has 0 radical (unpaired) electrons. The van der Waals surface area contributed by atoms with E-state index in [4.69, 9.17) is 4.74 Å². The van der Waals surface area contributed by atoms with Gasteiger partial charge in [0.2, 0.25) is 5.88 Å². The number of carbonyl (C=O) groups is 1. The van der Waals surface area contributed by atoms with Crippen molar-refractivity contribution in [2.24, 2.45) is 11.3 Å². The highest BCUT2D eigenvalue weighted by atomic mass is 32.3. The summed E-state index contributed by atoms with van der Waals surface area (Å²) in [6.07, 6.45) is 6.65. The first kappa shape index (κ1) is 21.4. The van der Waals surface area contributed by atoms with Gasteiger partial charge >= 0.3 is 0 Å². The lowest BCUT2D eigenvalue weighted by Crippen LogP contribution is -2.46. The number of pyridine rings is 1. The van der Waals surface area contributed by atoms with Crippen molar-refractivity contribution in [2.75, 3.05) is 19.6 Å². The molecular weight excluding hydrogens is 380 g/mol. The monoisotopic (exact) mass is 410 g/mol. The number of carbonyl (C=O) groups excluding carboxylic acids is 1. The fourth-order valence-electron chi connectivity index (χ4n) is 4.40. The summed E-state index contributed by atoms with van der Waals surface area (Å²) in [7, 11) is 0.362. The second-order valence-corrected chi connectivity index (χ2v) is 12.4. The number of hydrogen-bond acceptors (Lipinski definition) is 4. The molecular formula is C24H30N2O2S. The van der Waals surface area contributed by atoms with Crippen LogP contribution < -0.4 is 4.74 Å². The molecule has 0 bridgehead atoms. The largest absolute Gasteiger partial charge is 0.481 e.